The number of fused-ring (bicyclic) bond motifs is 1. The molecule has 62 valence electrons. The van der Waals surface area contributed by atoms with E-state index in [2.05, 4.69) is 47.3 Å². The van der Waals surface area contributed by atoms with Crippen LogP contribution in [0, 0.1) is 5.82 Å². The van der Waals surface area contributed by atoms with Crippen LogP contribution >= 0.6 is 31.9 Å². The van der Waals surface area contributed by atoms with Crippen LogP contribution in [0.4, 0.5) is 4.39 Å². The molecular formula is C6H2Br2FN3. The van der Waals surface area contributed by atoms with Crippen molar-refractivity contribution >= 4 is 42.9 Å². The molecular weight excluding hydrogens is 293 g/mol. The second kappa shape index (κ2) is 2.77. The maximum atomic E-state index is 13.0. The molecule has 12 heavy (non-hydrogen) atoms. The van der Waals surface area contributed by atoms with Crippen LogP contribution in [0.2, 0.25) is 0 Å². The molecule has 0 aliphatic heterocycles. The summed E-state index contributed by atoms with van der Waals surface area (Å²) in [6.07, 6.45) is 0. The number of aromatic nitrogens is 3. The lowest BCUT2D eigenvalue weighted by Gasteiger charge is -1.96. The van der Waals surface area contributed by atoms with Gasteiger partial charge in [0.1, 0.15) is 16.9 Å². The van der Waals surface area contributed by atoms with Crippen molar-refractivity contribution < 1.29 is 4.39 Å². The molecule has 0 spiro atoms. The number of H-pyrrole nitrogens is 1. The Morgan fingerprint density at radius 1 is 1.42 bits per heavy atom. The Bertz CT molecular complexity index is 440. The van der Waals surface area contributed by atoms with E-state index in [1.54, 1.807) is 0 Å². The first-order valence-corrected chi connectivity index (χ1v) is 4.63. The molecule has 0 amide bonds. The van der Waals surface area contributed by atoms with Crippen LogP contribution in [0.25, 0.3) is 11.0 Å². The lowest BCUT2D eigenvalue weighted by Crippen LogP contribution is -1.81. The molecule has 0 aliphatic carbocycles. The molecule has 0 fully saturated rings. The van der Waals surface area contributed by atoms with Crippen LogP contribution < -0.4 is 0 Å². The van der Waals surface area contributed by atoms with Crippen molar-refractivity contribution in [3.05, 3.63) is 20.8 Å². The minimum atomic E-state index is -0.358. The van der Waals surface area contributed by atoms with Gasteiger partial charge in [-0.15, -0.1) is 5.10 Å². The van der Waals surface area contributed by atoms with E-state index in [1.165, 1.54) is 6.07 Å². The van der Waals surface area contributed by atoms with Crippen molar-refractivity contribution in [2.24, 2.45) is 0 Å². The van der Waals surface area contributed by atoms with Crippen LogP contribution in [0.15, 0.2) is 15.0 Å². The summed E-state index contributed by atoms with van der Waals surface area (Å²) < 4.78 is 14.0. The zero-order valence-corrected chi connectivity index (χ0v) is 8.78. The maximum absolute atomic E-state index is 13.0. The summed E-state index contributed by atoms with van der Waals surface area (Å²) >= 11 is 6.26. The summed E-state index contributed by atoms with van der Waals surface area (Å²) in [4.78, 5) is 0. The molecule has 1 heterocycles. The van der Waals surface area contributed by atoms with Gasteiger partial charge in [-0.3, -0.25) is 5.10 Å². The van der Waals surface area contributed by atoms with Gasteiger partial charge in [0.05, 0.1) is 4.47 Å². The van der Waals surface area contributed by atoms with Crippen molar-refractivity contribution in [2.75, 3.05) is 0 Å². The highest BCUT2D eigenvalue weighted by Crippen LogP contribution is 2.29. The highest BCUT2D eigenvalue weighted by Gasteiger charge is 2.11. The van der Waals surface area contributed by atoms with E-state index in [0.717, 1.165) is 0 Å². The van der Waals surface area contributed by atoms with Crippen molar-refractivity contribution in [3.8, 4) is 0 Å². The predicted molar refractivity (Wildman–Crippen MR) is 49.2 cm³/mol. The molecule has 2 aromatic rings. The largest absolute Gasteiger partial charge is 0.256 e. The number of aromatic amines is 1. The van der Waals surface area contributed by atoms with Gasteiger partial charge in [0.2, 0.25) is 0 Å². The van der Waals surface area contributed by atoms with Crippen molar-refractivity contribution in [2.45, 2.75) is 0 Å². The number of halogens is 3. The van der Waals surface area contributed by atoms with E-state index in [1.807, 2.05) is 0 Å². The molecule has 0 radical (unpaired) electrons. The summed E-state index contributed by atoms with van der Waals surface area (Å²) in [5.41, 5.74) is 1.17. The Balaban J connectivity index is 2.97. The minimum absolute atomic E-state index is 0.328. The first kappa shape index (κ1) is 8.12. The van der Waals surface area contributed by atoms with Gasteiger partial charge >= 0.3 is 0 Å². The summed E-state index contributed by atoms with van der Waals surface area (Å²) in [6.45, 7) is 0. The number of rotatable bonds is 0. The SMILES string of the molecule is Fc1cc(Br)c2[nH]nnc2c1Br. The van der Waals surface area contributed by atoms with Gasteiger partial charge in [0.15, 0.2) is 0 Å². The fourth-order valence-electron chi connectivity index (χ4n) is 0.908. The molecule has 0 aliphatic rings. The zero-order chi connectivity index (χ0) is 8.72. The number of hydrogen-bond donors (Lipinski definition) is 1. The normalized spacial score (nSPS) is 10.9. The fourth-order valence-corrected chi connectivity index (χ4v) is 1.78. The second-order valence-electron chi connectivity index (χ2n) is 2.19. The fraction of sp³-hybridized carbons (Fsp3) is 0. The third-order valence-corrected chi connectivity index (χ3v) is 2.84. The maximum Gasteiger partial charge on any atom is 0.140 e. The smallest absolute Gasteiger partial charge is 0.140 e. The third-order valence-electron chi connectivity index (χ3n) is 1.46. The molecule has 1 aromatic carbocycles. The lowest BCUT2D eigenvalue weighted by molar-refractivity contribution is 0.622. The summed E-state index contributed by atoms with van der Waals surface area (Å²) in [5.74, 6) is -0.358. The van der Waals surface area contributed by atoms with Gasteiger partial charge in [-0.2, -0.15) is 0 Å². The summed E-state index contributed by atoms with van der Waals surface area (Å²) in [6, 6.07) is 1.35. The Morgan fingerprint density at radius 3 is 2.92 bits per heavy atom. The van der Waals surface area contributed by atoms with Crippen LogP contribution in [0.5, 0.6) is 0 Å². The Labute approximate surface area is 83.6 Å². The summed E-state index contributed by atoms with van der Waals surface area (Å²) in [7, 11) is 0. The zero-order valence-electron chi connectivity index (χ0n) is 5.61. The van der Waals surface area contributed by atoms with E-state index in [-0.39, 0.29) is 5.82 Å². The van der Waals surface area contributed by atoms with E-state index < -0.39 is 0 Å². The Hall–Kier alpha value is -0.490. The highest BCUT2D eigenvalue weighted by molar-refractivity contribution is 9.11. The molecule has 0 unspecified atom stereocenters. The average molecular weight is 295 g/mol. The molecule has 0 saturated carbocycles. The van der Waals surface area contributed by atoms with Gasteiger partial charge in [0.25, 0.3) is 0 Å². The number of hydrogen-bond acceptors (Lipinski definition) is 2. The average Bonchev–Trinajstić information content (AvgIpc) is 2.48. The molecule has 0 saturated heterocycles. The van der Waals surface area contributed by atoms with Crippen LogP contribution in [0.3, 0.4) is 0 Å². The van der Waals surface area contributed by atoms with E-state index in [0.29, 0.717) is 20.0 Å². The second-order valence-corrected chi connectivity index (χ2v) is 3.84. The molecule has 2 rings (SSSR count). The van der Waals surface area contributed by atoms with Gasteiger partial charge in [-0.25, -0.2) is 4.39 Å². The van der Waals surface area contributed by atoms with Gasteiger partial charge in [-0.05, 0) is 37.9 Å². The minimum Gasteiger partial charge on any atom is -0.256 e. The topological polar surface area (TPSA) is 41.6 Å². The Kier molecular flexibility index (Phi) is 1.88. The molecule has 3 nitrogen and oxygen atoms in total. The third kappa shape index (κ3) is 1.06. The van der Waals surface area contributed by atoms with Crippen molar-refractivity contribution in [3.63, 3.8) is 0 Å². The highest BCUT2D eigenvalue weighted by atomic mass is 79.9. The summed E-state index contributed by atoms with van der Waals surface area (Å²) in [5, 5.41) is 9.93. The van der Waals surface area contributed by atoms with Crippen molar-refractivity contribution in [1.82, 2.24) is 15.4 Å². The molecule has 0 bridgehead atoms. The quantitative estimate of drug-likeness (QED) is 0.759. The van der Waals surface area contributed by atoms with Gasteiger partial charge in [-0.1, -0.05) is 5.21 Å². The first-order chi connectivity index (χ1) is 5.70. The molecule has 6 heteroatoms. The number of benzene rings is 1. The molecule has 1 aromatic heterocycles. The standard InChI is InChI=1S/C6H2Br2FN3/c7-2-1-3(9)4(8)6-5(2)10-12-11-6/h1H,(H,10,11,12). The van der Waals surface area contributed by atoms with Gasteiger partial charge in [0, 0.05) is 4.47 Å². The van der Waals surface area contributed by atoms with E-state index in [9.17, 15) is 4.39 Å². The van der Waals surface area contributed by atoms with Crippen LogP contribution in [-0.4, -0.2) is 15.4 Å². The van der Waals surface area contributed by atoms with Crippen molar-refractivity contribution in [1.29, 1.82) is 0 Å². The monoisotopic (exact) mass is 293 g/mol. The number of nitrogens with zero attached hydrogens (tertiary/aromatic N) is 2. The van der Waals surface area contributed by atoms with Gasteiger partial charge < -0.3 is 0 Å². The van der Waals surface area contributed by atoms with E-state index in [4.69, 9.17) is 0 Å². The molecule has 0 atom stereocenters. The molecule has 1 N–H and O–H groups in total. The predicted octanol–water partition coefficient (Wildman–Crippen LogP) is 2.62. The lowest BCUT2D eigenvalue weighted by atomic mass is 10.3. The van der Waals surface area contributed by atoms with Crippen LogP contribution in [-0.2, 0) is 0 Å². The first-order valence-electron chi connectivity index (χ1n) is 3.04. The van der Waals surface area contributed by atoms with E-state index >= 15 is 0 Å². The van der Waals surface area contributed by atoms with Crippen LogP contribution in [0.1, 0.15) is 0 Å². The Morgan fingerprint density at radius 2 is 2.17 bits per heavy atom. The number of nitrogens with one attached hydrogen (secondary N) is 1.